The van der Waals surface area contributed by atoms with Gasteiger partial charge in [-0.1, -0.05) is 132 Å². The highest BCUT2D eigenvalue weighted by Crippen LogP contribution is 2.22. The monoisotopic (exact) mass is 583 g/mol. The zero-order chi connectivity index (χ0) is 33.6. The van der Waals surface area contributed by atoms with Gasteiger partial charge in [0, 0.05) is 0 Å². The molecule has 0 spiro atoms. The molecule has 0 heterocycles. The molecule has 246 valence electrons. The molecule has 0 N–H and O–H groups in total. The van der Waals surface area contributed by atoms with E-state index in [0.29, 0.717) is 16.2 Å². The van der Waals surface area contributed by atoms with Crippen LogP contribution in [0.3, 0.4) is 0 Å². The Balaban J connectivity index is -0.000000581. The Morgan fingerprint density at radius 2 is 0.571 bits per heavy atom. The minimum absolute atomic E-state index is 0.414. The van der Waals surface area contributed by atoms with Crippen LogP contribution in [0.1, 0.15) is 182 Å². The van der Waals surface area contributed by atoms with Gasteiger partial charge >= 0.3 is 0 Å². The Morgan fingerprint density at radius 3 is 0.810 bits per heavy atom. The van der Waals surface area contributed by atoms with Crippen molar-refractivity contribution in [2.45, 2.75) is 182 Å². The van der Waals surface area contributed by atoms with Crippen LogP contribution in [-0.4, -0.2) is 0 Å². The summed E-state index contributed by atoms with van der Waals surface area (Å²) in [5.74, 6) is 0. The molecule has 0 radical (unpaired) electrons. The van der Waals surface area contributed by atoms with E-state index in [1.54, 1.807) is 0 Å². The second-order valence-corrected chi connectivity index (χ2v) is 16.9. The van der Waals surface area contributed by atoms with E-state index in [0.717, 1.165) is 0 Å². The summed E-state index contributed by atoms with van der Waals surface area (Å²) in [4.78, 5) is 0. The number of rotatable bonds is 12. The molecule has 0 amide bonds. The quantitative estimate of drug-likeness (QED) is 0.201. The third kappa shape index (κ3) is 45.4. The van der Waals surface area contributed by atoms with Gasteiger partial charge in [-0.25, -0.2) is 0 Å². The van der Waals surface area contributed by atoms with Gasteiger partial charge in [-0.3, -0.25) is 0 Å². The van der Waals surface area contributed by atoms with Crippen molar-refractivity contribution < 1.29 is 0 Å². The predicted octanol–water partition coefficient (Wildman–Crippen LogP) is 15.3. The lowest BCUT2D eigenvalue weighted by Gasteiger charge is -2.15. The summed E-state index contributed by atoms with van der Waals surface area (Å²) >= 11 is 0. The Labute approximate surface area is 268 Å². The summed E-state index contributed by atoms with van der Waals surface area (Å²) in [5, 5.41) is 0. The van der Waals surface area contributed by atoms with E-state index in [2.05, 4.69) is 161 Å². The molecule has 0 aromatic heterocycles. The van der Waals surface area contributed by atoms with Gasteiger partial charge in [0.15, 0.2) is 0 Å². The second-order valence-electron chi connectivity index (χ2n) is 16.9. The molecule has 0 heteroatoms. The largest absolute Gasteiger partial charge is 0.0856 e. The van der Waals surface area contributed by atoms with Crippen molar-refractivity contribution in [3.63, 3.8) is 0 Å². The minimum Gasteiger partial charge on any atom is -0.0856 e. The van der Waals surface area contributed by atoms with Crippen molar-refractivity contribution >= 4 is 0 Å². The summed E-state index contributed by atoms with van der Waals surface area (Å²) in [6.45, 7) is 40.2. The van der Waals surface area contributed by atoms with Gasteiger partial charge in [0.25, 0.3) is 0 Å². The highest BCUT2D eigenvalue weighted by Gasteiger charge is 2.08. The van der Waals surface area contributed by atoms with Crippen molar-refractivity contribution in [3.8, 4) is 0 Å². The van der Waals surface area contributed by atoms with Crippen molar-refractivity contribution in [2.24, 2.45) is 16.2 Å². The zero-order valence-electron chi connectivity index (χ0n) is 32.3. The molecule has 42 heavy (non-hydrogen) atoms. The first-order valence-corrected chi connectivity index (χ1v) is 16.8. The first-order chi connectivity index (χ1) is 18.9. The van der Waals surface area contributed by atoms with E-state index in [9.17, 15) is 0 Å². The van der Waals surface area contributed by atoms with Crippen LogP contribution in [0.4, 0.5) is 0 Å². The van der Waals surface area contributed by atoms with Gasteiger partial charge in [0.2, 0.25) is 0 Å². The lowest BCUT2D eigenvalue weighted by Crippen LogP contribution is -2.02. The standard InChI is InChI=1S/C19H34.C14H26.C9H18/c1-16(2)10-8-11-17(3)12-9-13-18(4)14-15-19(5,6)7;1-12(2)8-7-9-13(3)10-11-14(4,5)6;1-8(2)6-7-9(3,4)5/h10,12,14H,8-9,11,13,15H2,1-7H3;8,10H,7,9,11H2,1-6H3;6H,7H2,1-5H3/b17-12+,18-14+;13-10+;. The van der Waals surface area contributed by atoms with Crippen LogP contribution in [0.25, 0.3) is 0 Å². The molecule has 0 aliphatic rings. The highest BCUT2D eigenvalue weighted by atomic mass is 14.1. The van der Waals surface area contributed by atoms with Crippen LogP contribution in [0.15, 0.2) is 69.9 Å². The molecule has 0 saturated heterocycles. The average Bonchev–Trinajstić information content (AvgIpc) is 2.79. The fourth-order valence-electron chi connectivity index (χ4n) is 3.50. The summed E-state index contributed by atoms with van der Waals surface area (Å²) < 4.78 is 0. The molecule has 0 aromatic rings. The fourth-order valence-corrected chi connectivity index (χ4v) is 3.50. The number of allylic oxidation sites excluding steroid dienone is 12. The predicted molar refractivity (Wildman–Crippen MR) is 199 cm³/mol. The normalized spacial score (nSPS) is 12.9. The first-order valence-electron chi connectivity index (χ1n) is 16.8. The van der Waals surface area contributed by atoms with Crippen molar-refractivity contribution in [1.29, 1.82) is 0 Å². The number of hydrogen-bond acceptors (Lipinski definition) is 0. The third-order valence-corrected chi connectivity index (χ3v) is 6.46. The summed E-state index contributed by atoms with van der Waals surface area (Å²) in [6, 6.07) is 0. The number of hydrogen-bond donors (Lipinski definition) is 0. The van der Waals surface area contributed by atoms with E-state index in [1.165, 1.54) is 91.2 Å². The zero-order valence-corrected chi connectivity index (χ0v) is 32.3. The fraction of sp³-hybridized carbons (Fsp3) is 0.714. The second kappa shape index (κ2) is 23.8. The lowest BCUT2D eigenvalue weighted by molar-refractivity contribution is 0.419. The Kier molecular flexibility index (Phi) is 25.5. The van der Waals surface area contributed by atoms with Crippen molar-refractivity contribution in [1.82, 2.24) is 0 Å². The smallest absolute Gasteiger partial charge is 0.0288 e. The van der Waals surface area contributed by atoms with Gasteiger partial charge < -0.3 is 0 Å². The molecular formula is C42H78. The van der Waals surface area contributed by atoms with E-state index < -0.39 is 0 Å². The van der Waals surface area contributed by atoms with Crippen LogP contribution in [-0.2, 0) is 0 Å². The Morgan fingerprint density at radius 1 is 0.333 bits per heavy atom. The maximum Gasteiger partial charge on any atom is -0.0288 e. The van der Waals surface area contributed by atoms with Crippen LogP contribution in [0.2, 0.25) is 0 Å². The van der Waals surface area contributed by atoms with Crippen LogP contribution < -0.4 is 0 Å². The van der Waals surface area contributed by atoms with Crippen LogP contribution in [0, 0.1) is 16.2 Å². The van der Waals surface area contributed by atoms with Gasteiger partial charge in [0.1, 0.15) is 0 Å². The van der Waals surface area contributed by atoms with Crippen molar-refractivity contribution in [2.75, 3.05) is 0 Å². The third-order valence-electron chi connectivity index (χ3n) is 6.46. The van der Waals surface area contributed by atoms with Gasteiger partial charge in [-0.05, 0) is 136 Å². The van der Waals surface area contributed by atoms with Crippen LogP contribution in [0.5, 0.6) is 0 Å². The highest BCUT2D eigenvalue weighted by molar-refractivity contribution is 5.06. The summed E-state index contributed by atoms with van der Waals surface area (Å²) in [5.41, 5.74) is 10.2. The van der Waals surface area contributed by atoms with Gasteiger partial charge in [0.05, 0.1) is 0 Å². The molecule has 0 unspecified atom stereocenters. The van der Waals surface area contributed by atoms with E-state index in [1.807, 2.05) is 0 Å². The molecule has 0 saturated carbocycles. The Bertz CT molecular complexity index is 858. The minimum atomic E-state index is 0.414. The molecular weight excluding hydrogens is 504 g/mol. The molecule has 0 rings (SSSR count). The van der Waals surface area contributed by atoms with Crippen molar-refractivity contribution in [3.05, 3.63) is 69.9 Å². The molecule has 0 atom stereocenters. The lowest BCUT2D eigenvalue weighted by atomic mass is 9.91. The molecule has 0 aliphatic heterocycles. The van der Waals surface area contributed by atoms with E-state index in [-0.39, 0.29) is 0 Å². The molecule has 0 aliphatic carbocycles. The topological polar surface area (TPSA) is 0 Å². The van der Waals surface area contributed by atoms with Crippen LogP contribution >= 0.6 is 0 Å². The SMILES string of the molecule is CC(C)=CCC(C)(C)C.CC(C)=CCC/C(C)=C/CC(C)(C)C.CC(C)=CCC/C(C)=C/CC/C(C)=C/CC(C)(C)C. The van der Waals surface area contributed by atoms with Gasteiger partial charge in [-0.15, -0.1) is 0 Å². The van der Waals surface area contributed by atoms with Gasteiger partial charge in [-0.2, -0.15) is 0 Å². The van der Waals surface area contributed by atoms with E-state index in [4.69, 9.17) is 0 Å². The maximum absolute atomic E-state index is 2.41. The summed E-state index contributed by atoms with van der Waals surface area (Å²) in [6.07, 6.45) is 24.9. The first kappa shape index (κ1) is 44.9. The molecule has 0 nitrogen and oxygen atoms in total. The summed E-state index contributed by atoms with van der Waals surface area (Å²) in [7, 11) is 0. The molecule has 0 fully saturated rings. The molecule has 0 bridgehead atoms. The van der Waals surface area contributed by atoms with E-state index >= 15 is 0 Å². The average molecular weight is 583 g/mol. The molecule has 0 aromatic carbocycles. The maximum atomic E-state index is 2.41. The Hall–Kier alpha value is -1.56.